The number of nitrogens with zero attached hydrogens (tertiary/aromatic N) is 3. The van der Waals surface area contributed by atoms with Gasteiger partial charge in [-0.2, -0.15) is 5.10 Å². The van der Waals surface area contributed by atoms with E-state index in [0.29, 0.717) is 16.3 Å². The van der Waals surface area contributed by atoms with Gasteiger partial charge in [-0.05, 0) is 24.3 Å². The zero-order valence-corrected chi connectivity index (χ0v) is 18.0. The lowest BCUT2D eigenvalue weighted by Crippen LogP contribution is -2.17. The first-order valence-electron chi connectivity index (χ1n) is 8.81. The van der Waals surface area contributed by atoms with Gasteiger partial charge in [-0.15, -0.1) is 0 Å². The summed E-state index contributed by atoms with van der Waals surface area (Å²) in [6.07, 6.45) is 0.899. The minimum Gasteiger partial charge on any atom is -0.466 e. The summed E-state index contributed by atoms with van der Waals surface area (Å²) in [6, 6.07) is 15.3. The highest BCUT2D eigenvalue weighted by Gasteiger charge is 2.18. The molecule has 31 heavy (non-hydrogen) atoms. The molecular weight excluding hydrogens is 442 g/mol. The second-order valence-electron chi connectivity index (χ2n) is 5.93. The molecule has 2 aromatic carbocycles. The molecule has 0 saturated carbocycles. The third-order valence-corrected chi connectivity index (χ3v) is 5.09. The first kappa shape index (κ1) is 22.1. The molecule has 1 heterocycles. The number of esters is 2. The predicted molar refractivity (Wildman–Crippen MR) is 114 cm³/mol. The molecular formula is C21H16ClN3O5S. The van der Waals surface area contributed by atoms with E-state index in [1.807, 2.05) is 0 Å². The molecule has 0 amide bonds. The first-order valence-corrected chi connectivity index (χ1v) is 10.0. The number of hydrogen-bond acceptors (Lipinski definition) is 8. The lowest BCUT2D eigenvalue weighted by Gasteiger charge is -2.02. The molecule has 0 bridgehead atoms. The highest BCUT2D eigenvalue weighted by Crippen LogP contribution is 2.15. The fourth-order valence-corrected chi connectivity index (χ4v) is 3.43. The van der Waals surface area contributed by atoms with Crippen molar-refractivity contribution in [3.63, 3.8) is 0 Å². The number of halogens is 1. The lowest BCUT2D eigenvalue weighted by molar-refractivity contribution is -0.138. The summed E-state index contributed by atoms with van der Waals surface area (Å²) < 4.78 is 10.6. The molecule has 3 rings (SSSR count). The summed E-state index contributed by atoms with van der Waals surface area (Å²) in [7, 11) is 2.33. The largest absolute Gasteiger partial charge is 0.466 e. The van der Waals surface area contributed by atoms with Gasteiger partial charge in [0.15, 0.2) is 10.7 Å². The smallest absolute Gasteiger partial charge is 0.357 e. The van der Waals surface area contributed by atoms with Crippen molar-refractivity contribution in [3.05, 3.63) is 86.8 Å². The van der Waals surface area contributed by atoms with Crippen LogP contribution >= 0.6 is 22.9 Å². The highest BCUT2D eigenvalue weighted by atomic mass is 35.5. The normalized spacial score (nSPS) is 11.8. The summed E-state index contributed by atoms with van der Waals surface area (Å²) in [5.41, 5.74) is 0.692. The summed E-state index contributed by atoms with van der Waals surface area (Å²) >= 11 is 6.92. The predicted octanol–water partition coefficient (Wildman–Crippen LogP) is 2.95. The van der Waals surface area contributed by atoms with Crippen molar-refractivity contribution in [1.82, 2.24) is 9.78 Å². The Morgan fingerprint density at radius 3 is 2.32 bits per heavy atom. The zero-order chi connectivity index (χ0) is 22.4. The van der Waals surface area contributed by atoms with Gasteiger partial charge >= 0.3 is 11.9 Å². The monoisotopic (exact) mass is 457 g/mol. The Labute approximate surface area is 186 Å². The fourth-order valence-electron chi connectivity index (χ4n) is 2.42. The van der Waals surface area contributed by atoms with Gasteiger partial charge in [0.05, 0.1) is 26.0 Å². The zero-order valence-electron chi connectivity index (χ0n) is 16.4. The molecule has 158 valence electrons. The fraction of sp³-hybridized carbons (Fsp3) is 0.0952. The van der Waals surface area contributed by atoms with Crippen LogP contribution in [0.4, 0.5) is 0 Å². The van der Waals surface area contributed by atoms with Crippen LogP contribution in [0.2, 0.25) is 5.02 Å². The van der Waals surface area contributed by atoms with E-state index >= 15 is 0 Å². The van der Waals surface area contributed by atoms with Crippen LogP contribution in [0.15, 0.2) is 71.4 Å². The van der Waals surface area contributed by atoms with Crippen molar-refractivity contribution >= 4 is 40.7 Å². The Morgan fingerprint density at radius 1 is 1.03 bits per heavy atom. The average molecular weight is 458 g/mol. The van der Waals surface area contributed by atoms with Crippen molar-refractivity contribution in [1.29, 1.82) is 0 Å². The molecule has 0 aliphatic rings. The van der Waals surface area contributed by atoms with Gasteiger partial charge in [0.25, 0.3) is 0 Å². The number of carbonyl (C=O) groups is 3. The quantitative estimate of drug-likeness (QED) is 0.320. The Hall–Kier alpha value is -3.56. The van der Waals surface area contributed by atoms with Crippen LogP contribution in [0.25, 0.3) is 5.69 Å². The molecule has 0 atom stereocenters. The van der Waals surface area contributed by atoms with E-state index in [2.05, 4.69) is 14.8 Å². The topological polar surface area (TPSA) is 99.9 Å². The second-order valence-corrected chi connectivity index (χ2v) is 7.32. The number of aromatic nitrogens is 2. The number of benzene rings is 2. The number of methoxy groups -OCH3 is 2. The van der Waals surface area contributed by atoms with Crippen LogP contribution in [0.1, 0.15) is 15.4 Å². The van der Waals surface area contributed by atoms with Crippen LogP contribution in [0.3, 0.4) is 0 Å². The van der Waals surface area contributed by atoms with Crippen LogP contribution in [-0.2, 0) is 19.1 Å². The molecule has 0 radical (unpaired) electrons. The average Bonchev–Trinajstić information content (AvgIpc) is 3.22. The number of ketones is 1. The maximum atomic E-state index is 12.9. The molecule has 0 saturated heterocycles. The molecule has 0 N–H and O–H groups in total. The van der Waals surface area contributed by atoms with E-state index in [4.69, 9.17) is 16.3 Å². The molecule has 10 heteroatoms. The van der Waals surface area contributed by atoms with Gasteiger partial charge in [-0.1, -0.05) is 53.3 Å². The maximum absolute atomic E-state index is 12.9. The van der Waals surface area contributed by atoms with Crippen molar-refractivity contribution < 1.29 is 23.9 Å². The van der Waals surface area contributed by atoms with Gasteiger partial charge in [0.1, 0.15) is 0 Å². The van der Waals surface area contributed by atoms with E-state index in [0.717, 1.165) is 24.5 Å². The molecule has 0 spiro atoms. The molecule has 8 nitrogen and oxygen atoms in total. The maximum Gasteiger partial charge on any atom is 0.357 e. The van der Waals surface area contributed by atoms with Crippen molar-refractivity contribution in [2.24, 2.45) is 4.99 Å². The summed E-state index contributed by atoms with van der Waals surface area (Å²) in [4.78, 5) is 41.1. The Bertz CT molecular complexity index is 1210. The SMILES string of the molecule is COC(=O)/C=C(\N=c1\sc(C(=O)c2ccccc2)nn1-c1ccc(Cl)cc1)C(=O)OC. The first-order chi connectivity index (χ1) is 14.9. The molecule has 0 fully saturated rings. The van der Waals surface area contributed by atoms with E-state index in [-0.39, 0.29) is 21.3 Å². The van der Waals surface area contributed by atoms with E-state index in [9.17, 15) is 14.4 Å². The van der Waals surface area contributed by atoms with Gasteiger partial charge in [0.2, 0.25) is 10.6 Å². The van der Waals surface area contributed by atoms with Crippen molar-refractivity contribution in [3.8, 4) is 5.69 Å². The van der Waals surface area contributed by atoms with Crippen LogP contribution < -0.4 is 4.80 Å². The van der Waals surface area contributed by atoms with Crippen molar-refractivity contribution in [2.45, 2.75) is 0 Å². The Morgan fingerprint density at radius 2 is 1.71 bits per heavy atom. The van der Waals surface area contributed by atoms with E-state index in [1.165, 1.54) is 11.8 Å². The molecule has 1 aromatic heterocycles. The number of hydrogen-bond donors (Lipinski definition) is 0. The van der Waals surface area contributed by atoms with Crippen LogP contribution in [-0.4, -0.2) is 41.7 Å². The standard InChI is InChI=1S/C21H16ClN3O5S/c1-29-17(26)12-16(20(28)30-2)23-21-25(15-10-8-14(22)9-11-15)24-19(31-21)18(27)13-6-4-3-5-7-13/h3-12H,1-2H3/b16-12-,23-21+. The number of ether oxygens (including phenoxy) is 2. The summed E-state index contributed by atoms with van der Waals surface area (Å²) in [5.74, 6) is -1.95. The van der Waals surface area contributed by atoms with Gasteiger partial charge in [-0.3, -0.25) is 4.79 Å². The summed E-state index contributed by atoms with van der Waals surface area (Å²) in [5, 5.41) is 5.03. The minimum atomic E-state index is -0.850. The molecule has 0 aliphatic carbocycles. The third kappa shape index (κ3) is 5.33. The number of rotatable bonds is 6. The lowest BCUT2D eigenvalue weighted by atomic mass is 10.1. The van der Waals surface area contributed by atoms with Gasteiger partial charge < -0.3 is 9.47 Å². The van der Waals surface area contributed by atoms with Gasteiger partial charge in [0, 0.05) is 10.6 Å². The number of carbonyl (C=O) groups excluding carboxylic acids is 3. The minimum absolute atomic E-state index is 0.141. The third-order valence-electron chi connectivity index (χ3n) is 3.93. The van der Waals surface area contributed by atoms with Gasteiger partial charge in [-0.25, -0.2) is 19.3 Å². The van der Waals surface area contributed by atoms with E-state index in [1.54, 1.807) is 54.6 Å². The molecule has 0 aliphatic heterocycles. The van der Waals surface area contributed by atoms with Crippen LogP contribution in [0, 0.1) is 0 Å². The van der Waals surface area contributed by atoms with Crippen LogP contribution in [0.5, 0.6) is 0 Å². The highest BCUT2D eigenvalue weighted by molar-refractivity contribution is 7.11. The Kier molecular flexibility index (Phi) is 7.11. The van der Waals surface area contributed by atoms with Crippen molar-refractivity contribution in [2.75, 3.05) is 14.2 Å². The second kappa shape index (κ2) is 9.96. The molecule has 3 aromatic rings. The summed E-state index contributed by atoms with van der Waals surface area (Å²) in [6.45, 7) is 0. The Balaban J connectivity index is 2.20. The molecule has 0 unspecified atom stereocenters. The van der Waals surface area contributed by atoms with E-state index < -0.39 is 11.9 Å².